The van der Waals surface area contributed by atoms with Crippen LogP contribution in [0, 0.1) is 18.6 Å². The summed E-state index contributed by atoms with van der Waals surface area (Å²) >= 11 is 5.57. The van der Waals surface area contributed by atoms with Crippen molar-refractivity contribution in [3.8, 4) is 5.75 Å². The lowest BCUT2D eigenvalue weighted by atomic mass is 10.2. The zero-order chi connectivity index (χ0) is 15.8. The standard InChI is InChI=1S/C13H10ClF2NO3S/c1-7-2-3-8(15)6-12(7)21(19,20)17-11-5-9(16)4-10(14)13(11)18/h2-6,17-18H,1H3. The number of sulfonamides is 1. The van der Waals surface area contributed by atoms with Gasteiger partial charge >= 0.3 is 0 Å². The molecule has 2 rings (SSSR count). The molecule has 2 aromatic rings. The van der Waals surface area contributed by atoms with E-state index >= 15 is 0 Å². The van der Waals surface area contributed by atoms with Crippen molar-refractivity contribution in [2.75, 3.05) is 4.72 Å². The Kier molecular flexibility index (Phi) is 4.06. The van der Waals surface area contributed by atoms with Crippen LogP contribution in [-0.4, -0.2) is 13.5 Å². The molecule has 0 fully saturated rings. The highest BCUT2D eigenvalue weighted by Crippen LogP contribution is 2.34. The van der Waals surface area contributed by atoms with Crippen LogP contribution in [0.4, 0.5) is 14.5 Å². The third-order valence-electron chi connectivity index (χ3n) is 2.71. The van der Waals surface area contributed by atoms with E-state index in [4.69, 9.17) is 11.6 Å². The number of hydrogen-bond acceptors (Lipinski definition) is 3. The van der Waals surface area contributed by atoms with Crippen LogP contribution in [0.25, 0.3) is 0 Å². The monoisotopic (exact) mass is 333 g/mol. The SMILES string of the molecule is Cc1ccc(F)cc1S(=O)(=O)Nc1cc(F)cc(Cl)c1O. The normalized spacial score (nSPS) is 11.4. The molecule has 0 bridgehead atoms. The molecular formula is C13H10ClF2NO3S. The first-order valence-corrected chi connectivity index (χ1v) is 7.54. The lowest BCUT2D eigenvalue weighted by molar-refractivity contribution is 0.476. The van der Waals surface area contributed by atoms with Crippen LogP contribution in [0.1, 0.15) is 5.56 Å². The predicted octanol–water partition coefficient (Wildman–Crippen LogP) is 3.43. The van der Waals surface area contributed by atoms with Crippen LogP contribution in [0.2, 0.25) is 5.02 Å². The van der Waals surface area contributed by atoms with Crippen LogP contribution in [0.5, 0.6) is 5.75 Å². The Morgan fingerprint density at radius 1 is 1.14 bits per heavy atom. The minimum Gasteiger partial charge on any atom is -0.504 e. The van der Waals surface area contributed by atoms with Crippen molar-refractivity contribution < 1.29 is 22.3 Å². The van der Waals surface area contributed by atoms with Crippen LogP contribution >= 0.6 is 11.6 Å². The van der Waals surface area contributed by atoms with E-state index in [0.717, 1.165) is 24.3 Å². The molecule has 0 amide bonds. The molecule has 0 aliphatic heterocycles. The number of halogens is 3. The number of nitrogens with one attached hydrogen (secondary N) is 1. The molecule has 8 heteroatoms. The number of hydrogen-bond donors (Lipinski definition) is 2. The molecule has 0 atom stereocenters. The molecule has 0 heterocycles. The fourth-order valence-electron chi connectivity index (χ4n) is 1.71. The summed E-state index contributed by atoms with van der Waals surface area (Å²) in [7, 11) is -4.20. The first-order valence-electron chi connectivity index (χ1n) is 5.67. The maximum Gasteiger partial charge on any atom is 0.262 e. The number of benzene rings is 2. The van der Waals surface area contributed by atoms with E-state index in [-0.39, 0.29) is 9.92 Å². The van der Waals surface area contributed by atoms with Crippen molar-refractivity contribution in [1.82, 2.24) is 0 Å². The van der Waals surface area contributed by atoms with Gasteiger partial charge in [-0.1, -0.05) is 17.7 Å². The summed E-state index contributed by atoms with van der Waals surface area (Å²) in [6.07, 6.45) is 0. The number of aromatic hydroxyl groups is 1. The van der Waals surface area contributed by atoms with Crippen molar-refractivity contribution >= 4 is 27.3 Å². The quantitative estimate of drug-likeness (QED) is 0.846. The summed E-state index contributed by atoms with van der Waals surface area (Å²) in [5.41, 5.74) is -0.130. The van der Waals surface area contributed by atoms with Crippen molar-refractivity contribution in [3.05, 3.63) is 52.6 Å². The molecule has 112 valence electrons. The lowest BCUT2D eigenvalue weighted by Crippen LogP contribution is -2.15. The van der Waals surface area contributed by atoms with Gasteiger partial charge in [-0.15, -0.1) is 0 Å². The van der Waals surface area contributed by atoms with Crippen molar-refractivity contribution in [2.24, 2.45) is 0 Å². The van der Waals surface area contributed by atoms with Gasteiger partial charge in [-0.05, 0) is 30.7 Å². The molecular weight excluding hydrogens is 324 g/mol. The summed E-state index contributed by atoms with van der Waals surface area (Å²) in [5, 5.41) is 9.31. The highest BCUT2D eigenvalue weighted by Gasteiger charge is 2.20. The average Bonchev–Trinajstić information content (AvgIpc) is 2.37. The third-order valence-corrected chi connectivity index (χ3v) is 4.51. The van der Waals surface area contributed by atoms with Crippen LogP contribution in [-0.2, 0) is 10.0 Å². The van der Waals surface area contributed by atoms with Crippen molar-refractivity contribution in [3.63, 3.8) is 0 Å². The molecule has 0 radical (unpaired) electrons. The molecule has 0 aliphatic rings. The Bertz CT molecular complexity index is 809. The van der Waals surface area contributed by atoms with Crippen LogP contribution in [0.3, 0.4) is 0 Å². The Morgan fingerprint density at radius 2 is 1.81 bits per heavy atom. The summed E-state index contributed by atoms with van der Waals surface area (Å²) < 4.78 is 52.8. The van der Waals surface area contributed by atoms with Crippen molar-refractivity contribution in [1.29, 1.82) is 0 Å². The average molecular weight is 334 g/mol. The van der Waals surface area contributed by atoms with Gasteiger partial charge in [-0.3, -0.25) is 4.72 Å². The fourth-order valence-corrected chi connectivity index (χ4v) is 3.23. The lowest BCUT2D eigenvalue weighted by Gasteiger charge is -2.12. The van der Waals surface area contributed by atoms with E-state index in [1.54, 1.807) is 0 Å². The zero-order valence-electron chi connectivity index (χ0n) is 10.7. The Labute approximate surface area is 125 Å². The second kappa shape index (κ2) is 5.50. The van der Waals surface area contributed by atoms with E-state index in [2.05, 4.69) is 0 Å². The van der Waals surface area contributed by atoms with Crippen LogP contribution in [0.15, 0.2) is 35.2 Å². The van der Waals surface area contributed by atoms with Gasteiger partial charge in [0.05, 0.1) is 15.6 Å². The molecule has 0 unspecified atom stereocenters. The van der Waals surface area contributed by atoms with Gasteiger partial charge in [0, 0.05) is 6.07 Å². The van der Waals surface area contributed by atoms with Gasteiger partial charge in [-0.2, -0.15) is 0 Å². The fraction of sp³-hybridized carbons (Fsp3) is 0.0769. The molecule has 21 heavy (non-hydrogen) atoms. The maximum atomic E-state index is 13.2. The summed E-state index contributed by atoms with van der Waals surface area (Å²) in [6, 6.07) is 4.85. The number of phenols is 1. The van der Waals surface area contributed by atoms with Crippen molar-refractivity contribution in [2.45, 2.75) is 11.8 Å². The Balaban J connectivity index is 2.50. The van der Waals surface area contributed by atoms with E-state index in [1.165, 1.54) is 13.0 Å². The van der Waals surface area contributed by atoms with Gasteiger partial charge < -0.3 is 5.11 Å². The summed E-state index contributed by atoms with van der Waals surface area (Å²) in [6.45, 7) is 1.48. The highest BCUT2D eigenvalue weighted by atomic mass is 35.5. The number of phenolic OH excluding ortho intramolecular Hbond substituents is 1. The van der Waals surface area contributed by atoms with Gasteiger partial charge in [0.15, 0.2) is 5.75 Å². The van der Waals surface area contributed by atoms with Crippen LogP contribution < -0.4 is 4.72 Å². The zero-order valence-corrected chi connectivity index (χ0v) is 12.3. The van der Waals surface area contributed by atoms with E-state index in [9.17, 15) is 22.3 Å². The molecule has 2 N–H and O–H groups in total. The van der Waals surface area contributed by atoms with Gasteiger partial charge in [0.25, 0.3) is 10.0 Å². The molecule has 2 aromatic carbocycles. The second-order valence-electron chi connectivity index (χ2n) is 4.30. The Hall–Kier alpha value is -1.86. The number of aryl methyl sites for hydroxylation is 1. The molecule has 4 nitrogen and oxygen atoms in total. The minimum atomic E-state index is -4.20. The topological polar surface area (TPSA) is 66.4 Å². The second-order valence-corrected chi connectivity index (χ2v) is 6.36. The van der Waals surface area contributed by atoms with E-state index in [0.29, 0.717) is 5.56 Å². The Morgan fingerprint density at radius 3 is 2.48 bits per heavy atom. The molecule has 0 aromatic heterocycles. The molecule has 0 aliphatic carbocycles. The number of anilines is 1. The maximum absolute atomic E-state index is 13.2. The van der Waals surface area contributed by atoms with E-state index < -0.39 is 33.1 Å². The third kappa shape index (κ3) is 3.25. The van der Waals surface area contributed by atoms with E-state index in [1.807, 2.05) is 4.72 Å². The highest BCUT2D eigenvalue weighted by molar-refractivity contribution is 7.92. The summed E-state index contributed by atoms with van der Waals surface area (Å²) in [4.78, 5) is -0.317. The largest absolute Gasteiger partial charge is 0.504 e. The first-order chi connectivity index (χ1) is 9.70. The van der Waals surface area contributed by atoms with Gasteiger partial charge in [0.2, 0.25) is 0 Å². The number of rotatable bonds is 3. The van der Waals surface area contributed by atoms with Gasteiger partial charge in [0.1, 0.15) is 11.6 Å². The smallest absolute Gasteiger partial charge is 0.262 e. The molecule has 0 saturated carbocycles. The molecule has 0 saturated heterocycles. The minimum absolute atomic E-state index is 0.297. The summed E-state index contributed by atoms with van der Waals surface area (Å²) in [5.74, 6) is -2.18. The predicted molar refractivity (Wildman–Crippen MR) is 75.0 cm³/mol. The van der Waals surface area contributed by atoms with Gasteiger partial charge in [-0.25, -0.2) is 17.2 Å². The molecule has 0 spiro atoms. The first kappa shape index (κ1) is 15.5.